The maximum absolute atomic E-state index is 12.4. The summed E-state index contributed by atoms with van der Waals surface area (Å²) in [6.45, 7) is 4.43. The van der Waals surface area contributed by atoms with E-state index in [-0.39, 0.29) is 17.2 Å². The maximum atomic E-state index is 12.4. The molecule has 8 nitrogen and oxygen atoms in total. The molecule has 2 saturated heterocycles. The summed E-state index contributed by atoms with van der Waals surface area (Å²) in [5, 5.41) is 10.2. The number of anilines is 1. The van der Waals surface area contributed by atoms with Crippen LogP contribution in [-0.4, -0.2) is 60.4 Å². The molecule has 0 saturated carbocycles. The highest BCUT2D eigenvalue weighted by Gasteiger charge is 2.25. The van der Waals surface area contributed by atoms with Gasteiger partial charge in [-0.1, -0.05) is 0 Å². The van der Waals surface area contributed by atoms with Gasteiger partial charge in [-0.2, -0.15) is 0 Å². The largest absolute Gasteiger partial charge is 0.502 e. The molecule has 1 aromatic carbocycles. The second kappa shape index (κ2) is 9.60. The van der Waals surface area contributed by atoms with Gasteiger partial charge in [0.2, 0.25) is 11.7 Å². The predicted octanol–water partition coefficient (Wildman–Crippen LogP) is 2.86. The number of phenols is 1. The minimum Gasteiger partial charge on any atom is -0.502 e. The quantitative estimate of drug-likeness (QED) is 0.731. The van der Waals surface area contributed by atoms with Gasteiger partial charge in [0, 0.05) is 38.2 Å². The highest BCUT2D eigenvalue weighted by molar-refractivity contribution is 5.52. The molecule has 2 fully saturated rings. The fourth-order valence-corrected chi connectivity index (χ4v) is 4.67. The van der Waals surface area contributed by atoms with Crippen LogP contribution in [0.3, 0.4) is 0 Å². The average molecular weight is 429 g/mol. The number of methoxy groups -OCH3 is 2. The lowest BCUT2D eigenvalue weighted by molar-refractivity contribution is 0.198. The van der Waals surface area contributed by atoms with Crippen molar-refractivity contribution < 1.29 is 14.6 Å². The molecule has 0 radical (unpaired) electrons. The van der Waals surface area contributed by atoms with Crippen LogP contribution in [-0.2, 0) is 6.54 Å². The van der Waals surface area contributed by atoms with Crippen molar-refractivity contribution in [3.8, 4) is 17.2 Å². The third kappa shape index (κ3) is 4.95. The normalized spacial score (nSPS) is 19.9. The van der Waals surface area contributed by atoms with Crippen LogP contribution in [0.1, 0.15) is 49.3 Å². The summed E-state index contributed by atoms with van der Waals surface area (Å²) >= 11 is 0. The zero-order valence-corrected chi connectivity index (χ0v) is 18.4. The number of aromatic amines is 1. The molecule has 0 bridgehead atoms. The Balaban J connectivity index is 1.50. The summed E-state index contributed by atoms with van der Waals surface area (Å²) in [7, 11) is 3.07. The first-order chi connectivity index (χ1) is 15.1. The number of ether oxygens (including phenoxy) is 2. The first-order valence-electron chi connectivity index (χ1n) is 11.1. The van der Waals surface area contributed by atoms with Crippen molar-refractivity contribution in [2.45, 2.75) is 44.6 Å². The van der Waals surface area contributed by atoms with E-state index in [1.807, 2.05) is 12.1 Å². The van der Waals surface area contributed by atoms with Crippen LogP contribution in [0.5, 0.6) is 17.2 Å². The summed E-state index contributed by atoms with van der Waals surface area (Å²) in [6.07, 6.45) is 5.60. The van der Waals surface area contributed by atoms with Gasteiger partial charge in [0.15, 0.2) is 11.5 Å². The van der Waals surface area contributed by atoms with Crippen LogP contribution in [0, 0.1) is 0 Å². The Hall–Kier alpha value is -2.74. The summed E-state index contributed by atoms with van der Waals surface area (Å²) in [5.41, 5.74) is 1.82. The number of hydrogen-bond donors (Lipinski definition) is 2. The molecule has 2 aliphatic rings. The fraction of sp³-hybridized carbons (Fsp3) is 0.565. The Morgan fingerprint density at radius 2 is 1.77 bits per heavy atom. The lowest BCUT2D eigenvalue weighted by Gasteiger charge is -2.33. The predicted molar refractivity (Wildman–Crippen MR) is 119 cm³/mol. The zero-order valence-electron chi connectivity index (χ0n) is 18.4. The number of nitrogens with zero attached hydrogens (tertiary/aromatic N) is 3. The van der Waals surface area contributed by atoms with Crippen molar-refractivity contribution >= 4 is 5.95 Å². The molecule has 0 spiro atoms. The van der Waals surface area contributed by atoms with Crippen molar-refractivity contribution in [1.29, 1.82) is 0 Å². The number of aromatic nitrogens is 2. The molecule has 1 atom stereocenters. The van der Waals surface area contributed by atoms with Gasteiger partial charge in [-0.05, 0) is 56.3 Å². The van der Waals surface area contributed by atoms with Crippen molar-refractivity contribution in [3.63, 3.8) is 0 Å². The van der Waals surface area contributed by atoms with E-state index in [0.717, 1.165) is 63.1 Å². The molecule has 31 heavy (non-hydrogen) atoms. The van der Waals surface area contributed by atoms with Gasteiger partial charge in [-0.3, -0.25) is 14.7 Å². The molecule has 0 aliphatic carbocycles. The number of likely N-dealkylation sites (tertiary alicyclic amines) is 1. The molecule has 8 heteroatoms. The van der Waals surface area contributed by atoms with E-state index in [0.29, 0.717) is 24.0 Å². The molecule has 4 rings (SSSR count). The maximum Gasteiger partial charge on any atom is 0.252 e. The minimum atomic E-state index is -0.0734. The fourth-order valence-electron chi connectivity index (χ4n) is 4.67. The van der Waals surface area contributed by atoms with E-state index in [4.69, 9.17) is 14.5 Å². The molecule has 1 unspecified atom stereocenters. The van der Waals surface area contributed by atoms with Crippen LogP contribution < -0.4 is 19.9 Å². The summed E-state index contributed by atoms with van der Waals surface area (Å²) in [5.74, 6) is 1.77. The molecular weight excluding hydrogens is 396 g/mol. The molecule has 1 aromatic heterocycles. The van der Waals surface area contributed by atoms with Gasteiger partial charge in [0.05, 0.1) is 19.9 Å². The molecule has 168 valence electrons. The standard InChI is InChI=1S/C23H32N4O4/c1-30-19-11-16(12-20(31-2)22(19)29)14-26-8-6-7-17(15-26)18-13-21(28)25-23(24-18)27-9-4-3-5-10-27/h11-13,17,29H,3-10,14-15H2,1-2H3,(H,24,25,28). The van der Waals surface area contributed by atoms with Gasteiger partial charge in [0.25, 0.3) is 5.56 Å². The molecule has 2 aliphatic heterocycles. The third-order valence-corrected chi connectivity index (χ3v) is 6.27. The van der Waals surface area contributed by atoms with E-state index < -0.39 is 0 Å². The van der Waals surface area contributed by atoms with Crippen molar-refractivity contribution in [1.82, 2.24) is 14.9 Å². The van der Waals surface area contributed by atoms with Gasteiger partial charge >= 0.3 is 0 Å². The molecule has 2 aromatic rings. The number of phenolic OH excluding ortho intramolecular Hbond substituents is 1. The van der Waals surface area contributed by atoms with Crippen molar-refractivity contribution in [2.24, 2.45) is 0 Å². The van der Waals surface area contributed by atoms with Crippen molar-refractivity contribution in [2.75, 3.05) is 45.3 Å². The van der Waals surface area contributed by atoms with Crippen molar-refractivity contribution in [3.05, 3.63) is 39.8 Å². The third-order valence-electron chi connectivity index (χ3n) is 6.27. The van der Waals surface area contributed by atoms with Crippen LogP contribution in [0.25, 0.3) is 0 Å². The zero-order chi connectivity index (χ0) is 21.8. The Kier molecular flexibility index (Phi) is 6.65. The molecule has 0 amide bonds. The Labute approximate surface area is 182 Å². The minimum absolute atomic E-state index is 0.0169. The number of rotatable bonds is 6. The molecule has 3 heterocycles. The van der Waals surface area contributed by atoms with Gasteiger partial charge in [-0.15, -0.1) is 0 Å². The summed E-state index contributed by atoms with van der Waals surface area (Å²) in [6, 6.07) is 5.36. The van der Waals surface area contributed by atoms with E-state index >= 15 is 0 Å². The number of piperidine rings is 2. The number of benzene rings is 1. The summed E-state index contributed by atoms with van der Waals surface area (Å²) in [4.78, 5) is 24.7. The molecular formula is C23H32N4O4. The highest BCUT2D eigenvalue weighted by atomic mass is 16.5. The van der Waals surface area contributed by atoms with E-state index in [9.17, 15) is 9.90 Å². The first-order valence-corrected chi connectivity index (χ1v) is 11.1. The van der Waals surface area contributed by atoms with Crippen LogP contribution in [0.4, 0.5) is 5.95 Å². The first kappa shape index (κ1) is 21.5. The lowest BCUT2D eigenvalue weighted by atomic mass is 9.94. The number of aromatic hydroxyl groups is 1. The Morgan fingerprint density at radius 1 is 1.06 bits per heavy atom. The Morgan fingerprint density at radius 3 is 2.45 bits per heavy atom. The SMILES string of the molecule is COc1cc(CN2CCCC(c3cc(=O)[nH]c(N4CCCCC4)n3)C2)cc(OC)c1O. The van der Waals surface area contributed by atoms with Crippen LogP contribution in [0.15, 0.2) is 23.0 Å². The second-order valence-corrected chi connectivity index (χ2v) is 8.46. The topological polar surface area (TPSA) is 90.9 Å². The Bertz CT molecular complexity index is 930. The van der Waals surface area contributed by atoms with Crippen LogP contribution >= 0.6 is 0 Å². The van der Waals surface area contributed by atoms with Gasteiger partial charge in [-0.25, -0.2) is 4.98 Å². The van der Waals surface area contributed by atoms with Gasteiger partial charge < -0.3 is 19.5 Å². The molecule has 2 N–H and O–H groups in total. The average Bonchev–Trinajstić information content (AvgIpc) is 2.80. The van der Waals surface area contributed by atoms with E-state index in [2.05, 4.69) is 14.8 Å². The number of nitrogens with one attached hydrogen (secondary N) is 1. The monoisotopic (exact) mass is 428 g/mol. The summed E-state index contributed by atoms with van der Waals surface area (Å²) < 4.78 is 10.6. The lowest BCUT2D eigenvalue weighted by Crippen LogP contribution is -2.36. The van der Waals surface area contributed by atoms with E-state index in [1.54, 1.807) is 6.07 Å². The second-order valence-electron chi connectivity index (χ2n) is 8.46. The highest BCUT2D eigenvalue weighted by Crippen LogP contribution is 2.38. The number of hydrogen-bond acceptors (Lipinski definition) is 7. The van der Waals surface area contributed by atoms with Crippen LogP contribution in [0.2, 0.25) is 0 Å². The number of H-pyrrole nitrogens is 1. The smallest absolute Gasteiger partial charge is 0.252 e. The van der Waals surface area contributed by atoms with E-state index in [1.165, 1.54) is 20.6 Å². The van der Waals surface area contributed by atoms with Gasteiger partial charge in [0.1, 0.15) is 0 Å².